The number of aromatic nitrogens is 3. The monoisotopic (exact) mass is 456 g/mol. The Labute approximate surface area is 195 Å². The highest BCUT2D eigenvalue weighted by Crippen LogP contribution is 2.51. The number of benzene rings is 3. The molecule has 2 atom stereocenters. The van der Waals surface area contributed by atoms with Gasteiger partial charge in [-0.25, -0.2) is 9.07 Å². The molecule has 0 amide bonds. The van der Waals surface area contributed by atoms with E-state index in [1.165, 1.54) is 12.4 Å². The Morgan fingerprint density at radius 2 is 1.76 bits per heavy atom. The number of halogens is 1. The average molecular weight is 456 g/mol. The van der Waals surface area contributed by atoms with E-state index in [0.29, 0.717) is 28.8 Å². The third-order valence-corrected chi connectivity index (χ3v) is 6.23. The van der Waals surface area contributed by atoms with Gasteiger partial charge in [0, 0.05) is 22.3 Å². The normalized spacial score (nSPS) is 18.2. The summed E-state index contributed by atoms with van der Waals surface area (Å²) in [6, 6.07) is 19.6. The lowest BCUT2D eigenvalue weighted by Gasteiger charge is -2.39. The quantitative estimate of drug-likeness (QED) is 0.466. The van der Waals surface area contributed by atoms with Crippen LogP contribution < -0.4 is 19.5 Å². The summed E-state index contributed by atoms with van der Waals surface area (Å²) in [4.78, 5) is 4.38. The zero-order chi connectivity index (χ0) is 23.2. The Balaban J connectivity index is 1.62. The van der Waals surface area contributed by atoms with Crippen LogP contribution >= 0.6 is 0 Å². The molecule has 3 heterocycles. The summed E-state index contributed by atoms with van der Waals surface area (Å²) in [5, 5.41) is 7.85. The molecule has 0 spiro atoms. The van der Waals surface area contributed by atoms with E-state index in [9.17, 15) is 0 Å². The Morgan fingerprint density at radius 3 is 2.59 bits per heavy atom. The molecule has 3 aromatic carbocycles. The van der Waals surface area contributed by atoms with Crippen molar-refractivity contribution in [2.75, 3.05) is 19.5 Å². The highest BCUT2D eigenvalue weighted by atomic mass is 19.1. The molecule has 34 heavy (non-hydrogen) atoms. The van der Waals surface area contributed by atoms with Gasteiger partial charge in [-0.15, -0.1) is 0 Å². The van der Waals surface area contributed by atoms with Gasteiger partial charge in [0.25, 0.3) is 0 Å². The molecular formula is C26H21FN4O3. The molecule has 8 heteroatoms. The fraction of sp³-hybridized carbons (Fsp3) is 0.154. The Hall–Kier alpha value is -4.33. The first-order valence-electron chi connectivity index (χ1n) is 10.8. The van der Waals surface area contributed by atoms with Crippen LogP contribution in [-0.4, -0.2) is 29.0 Å². The minimum Gasteiger partial charge on any atom is -0.493 e. The first-order chi connectivity index (χ1) is 16.7. The van der Waals surface area contributed by atoms with E-state index < -0.39 is 12.1 Å². The van der Waals surface area contributed by atoms with E-state index in [0.717, 1.165) is 22.4 Å². The van der Waals surface area contributed by atoms with Crippen molar-refractivity contribution < 1.29 is 18.6 Å². The van der Waals surface area contributed by atoms with Gasteiger partial charge in [0.05, 0.1) is 19.9 Å². The van der Waals surface area contributed by atoms with Crippen LogP contribution in [0.4, 0.5) is 10.3 Å². The maximum absolute atomic E-state index is 15.2. The van der Waals surface area contributed by atoms with Crippen LogP contribution in [0.5, 0.6) is 17.2 Å². The third kappa shape index (κ3) is 3.02. The molecule has 170 valence electrons. The summed E-state index contributed by atoms with van der Waals surface area (Å²) in [6.45, 7) is 0. The molecule has 1 N–H and O–H groups in total. The van der Waals surface area contributed by atoms with E-state index in [1.54, 1.807) is 31.0 Å². The minimum absolute atomic E-state index is 0.326. The molecule has 0 bridgehead atoms. The van der Waals surface area contributed by atoms with Gasteiger partial charge in [-0.2, -0.15) is 10.1 Å². The van der Waals surface area contributed by atoms with Crippen molar-refractivity contribution in [3.63, 3.8) is 0 Å². The number of hydrogen-bond acceptors (Lipinski definition) is 6. The Bertz CT molecular complexity index is 1430. The number of ether oxygens (including phenoxy) is 3. The van der Waals surface area contributed by atoms with Crippen molar-refractivity contribution in [1.82, 2.24) is 14.8 Å². The maximum Gasteiger partial charge on any atom is 0.226 e. The molecule has 2 unspecified atom stereocenters. The molecule has 2 aliphatic rings. The predicted octanol–water partition coefficient (Wildman–Crippen LogP) is 4.99. The number of para-hydroxylation sites is 1. The SMILES string of the molecule is COc1ccc(C2Oc3ccccc3C3=C2C(c2ccccc2F)n2ncnc2N3)cc1OC. The second kappa shape index (κ2) is 7.91. The van der Waals surface area contributed by atoms with E-state index in [1.807, 2.05) is 48.5 Å². The second-order valence-electron chi connectivity index (χ2n) is 8.02. The summed E-state index contributed by atoms with van der Waals surface area (Å²) in [6.07, 6.45) is 0.923. The van der Waals surface area contributed by atoms with Crippen LogP contribution in [-0.2, 0) is 0 Å². The molecule has 0 fully saturated rings. The minimum atomic E-state index is -0.568. The van der Waals surface area contributed by atoms with Gasteiger partial charge in [-0.3, -0.25) is 0 Å². The van der Waals surface area contributed by atoms with Gasteiger partial charge in [0.1, 0.15) is 30.0 Å². The molecular weight excluding hydrogens is 435 g/mol. The van der Waals surface area contributed by atoms with Crippen molar-refractivity contribution in [2.45, 2.75) is 12.1 Å². The van der Waals surface area contributed by atoms with E-state index in [2.05, 4.69) is 15.4 Å². The highest BCUT2D eigenvalue weighted by Gasteiger charge is 2.41. The number of hydrogen-bond donors (Lipinski definition) is 1. The third-order valence-electron chi connectivity index (χ3n) is 6.23. The molecule has 2 aliphatic heterocycles. The first-order valence-corrected chi connectivity index (χ1v) is 10.8. The summed E-state index contributed by atoms with van der Waals surface area (Å²) >= 11 is 0. The molecule has 4 aromatic rings. The zero-order valence-electron chi connectivity index (χ0n) is 18.5. The summed E-state index contributed by atoms with van der Waals surface area (Å²) in [7, 11) is 3.19. The van der Waals surface area contributed by atoms with E-state index in [4.69, 9.17) is 14.2 Å². The summed E-state index contributed by atoms with van der Waals surface area (Å²) in [5.41, 5.74) is 3.86. The van der Waals surface area contributed by atoms with Crippen LogP contribution in [0.3, 0.4) is 0 Å². The van der Waals surface area contributed by atoms with Gasteiger partial charge in [0.2, 0.25) is 5.95 Å². The standard InChI is InChI=1S/C26H21FN4O3/c1-32-20-12-11-15(13-21(20)33-2)25-22-23(17-8-4-6-10-19(17)34-25)30-26-28-14-29-31(26)24(22)16-7-3-5-9-18(16)27/h3-14,24-25H,1-2H3,(H,28,29,30). The number of anilines is 1. The van der Waals surface area contributed by atoms with Crippen LogP contribution in [0.2, 0.25) is 0 Å². The molecule has 1 aromatic heterocycles. The van der Waals surface area contributed by atoms with Crippen LogP contribution in [0.15, 0.2) is 78.6 Å². The molecule has 0 saturated heterocycles. The lowest BCUT2D eigenvalue weighted by atomic mass is 9.84. The fourth-order valence-electron chi connectivity index (χ4n) is 4.70. The highest BCUT2D eigenvalue weighted by molar-refractivity contribution is 5.85. The summed E-state index contributed by atoms with van der Waals surface area (Å²) < 4.78 is 34.4. The smallest absolute Gasteiger partial charge is 0.226 e. The predicted molar refractivity (Wildman–Crippen MR) is 124 cm³/mol. The molecule has 0 saturated carbocycles. The van der Waals surface area contributed by atoms with Gasteiger partial charge >= 0.3 is 0 Å². The topological polar surface area (TPSA) is 70.4 Å². The van der Waals surface area contributed by atoms with Crippen molar-refractivity contribution in [3.8, 4) is 17.2 Å². The molecule has 0 aliphatic carbocycles. The van der Waals surface area contributed by atoms with Gasteiger partial charge in [0.15, 0.2) is 11.5 Å². The van der Waals surface area contributed by atoms with Gasteiger partial charge in [-0.05, 0) is 30.3 Å². The van der Waals surface area contributed by atoms with Crippen LogP contribution in [0.1, 0.15) is 28.8 Å². The number of methoxy groups -OCH3 is 2. The van der Waals surface area contributed by atoms with Crippen molar-refractivity contribution in [2.24, 2.45) is 0 Å². The van der Waals surface area contributed by atoms with Gasteiger partial charge in [-0.1, -0.05) is 36.4 Å². The number of rotatable bonds is 4. The molecule has 0 radical (unpaired) electrons. The Kier molecular flexibility index (Phi) is 4.72. The van der Waals surface area contributed by atoms with Crippen LogP contribution in [0, 0.1) is 5.82 Å². The maximum atomic E-state index is 15.2. The largest absolute Gasteiger partial charge is 0.493 e. The summed E-state index contributed by atoms with van der Waals surface area (Å²) in [5.74, 6) is 2.12. The van der Waals surface area contributed by atoms with Crippen molar-refractivity contribution >= 4 is 11.6 Å². The molecule has 6 rings (SSSR count). The second-order valence-corrected chi connectivity index (χ2v) is 8.02. The van der Waals surface area contributed by atoms with Crippen molar-refractivity contribution in [1.29, 1.82) is 0 Å². The lowest BCUT2D eigenvalue weighted by Crippen LogP contribution is -2.32. The Morgan fingerprint density at radius 1 is 0.971 bits per heavy atom. The number of nitrogens with zero attached hydrogens (tertiary/aromatic N) is 3. The van der Waals surface area contributed by atoms with Crippen molar-refractivity contribution in [3.05, 3.63) is 101 Å². The first kappa shape index (κ1) is 20.3. The van der Waals surface area contributed by atoms with E-state index >= 15 is 4.39 Å². The van der Waals surface area contributed by atoms with Gasteiger partial charge < -0.3 is 19.5 Å². The van der Waals surface area contributed by atoms with Crippen LogP contribution in [0.25, 0.3) is 5.70 Å². The molecule has 7 nitrogen and oxygen atoms in total. The number of fused-ring (bicyclic) bond motifs is 3. The van der Waals surface area contributed by atoms with E-state index in [-0.39, 0.29) is 5.82 Å². The number of nitrogens with one attached hydrogen (secondary N) is 1. The average Bonchev–Trinajstić information content (AvgIpc) is 3.35. The zero-order valence-corrected chi connectivity index (χ0v) is 18.5. The lowest BCUT2D eigenvalue weighted by molar-refractivity contribution is 0.221. The fourth-order valence-corrected chi connectivity index (χ4v) is 4.70.